The molecule has 7 heteroatoms. The van der Waals surface area contributed by atoms with Crippen molar-refractivity contribution in [1.29, 1.82) is 0 Å². The van der Waals surface area contributed by atoms with E-state index in [9.17, 15) is 19.5 Å². The third kappa shape index (κ3) is 5.37. The summed E-state index contributed by atoms with van der Waals surface area (Å²) in [6, 6.07) is 9.50. The zero-order valence-electron chi connectivity index (χ0n) is 17.9. The van der Waals surface area contributed by atoms with Crippen LogP contribution in [0, 0.1) is 0 Å². The van der Waals surface area contributed by atoms with E-state index in [2.05, 4.69) is 5.32 Å². The second-order valence-corrected chi connectivity index (χ2v) is 7.79. The van der Waals surface area contributed by atoms with Crippen molar-refractivity contribution < 1.29 is 24.2 Å². The fourth-order valence-corrected chi connectivity index (χ4v) is 2.85. The second-order valence-electron chi connectivity index (χ2n) is 7.79. The van der Waals surface area contributed by atoms with Crippen LogP contribution < -0.4 is 11.1 Å². The third-order valence-corrected chi connectivity index (χ3v) is 4.76. The Morgan fingerprint density at radius 3 is 2.07 bits per heavy atom. The van der Waals surface area contributed by atoms with Crippen molar-refractivity contribution in [3.8, 4) is 5.75 Å². The fraction of sp³-hybridized carbons (Fsp3) is 0.348. The number of ether oxygens (including phenoxy) is 1. The van der Waals surface area contributed by atoms with Crippen molar-refractivity contribution in [2.75, 3.05) is 5.32 Å². The topological polar surface area (TPSA) is 119 Å². The molecule has 0 spiro atoms. The number of anilines is 1. The summed E-state index contributed by atoms with van der Waals surface area (Å²) in [6.45, 7) is 9.27. The predicted molar refractivity (Wildman–Crippen MR) is 115 cm³/mol. The number of rotatable bonds is 7. The molecule has 7 nitrogen and oxygen atoms in total. The van der Waals surface area contributed by atoms with Crippen LogP contribution in [0.5, 0.6) is 5.75 Å². The van der Waals surface area contributed by atoms with E-state index in [1.54, 1.807) is 6.07 Å². The van der Waals surface area contributed by atoms with Crippen molar-refractivity contribution >= 4 is 23.5 Å². The van der Waals surface area contributed by atoms with Crippen LogP contribution in [0.1, 0.15) is 78.3 Å². The van der Waals surface area contributed by atoms with Crippen LogP contribution in [0.25, 0.3) is 0 Å². The van der Waals surface area contributed by atoms with Gasteiger partial charge < -0.3 is 20.9 Å². The summed E-state index contributed by atoms with van der Waals surface area (Å²) in [6.07, 6.45) is -1.10. The average molecular weight is 412 g/mol. The molecule has 30 heavy (non-hydrogen) atoms. The maximum absolute atomic E-state index is 12.7. The minimum atomic E-state index is -1.10. The number of amides is 2. The molecule has 0 aromatic heterocycles. The van der Waals surface area contributed by atoms with Crippen molar-refractivity contribution in [3.63, 3.8) is 0 Å². The van der Waals surface area contributed by atoms with Gasteiger partial charge >= 0.3 is 5.97 Å². The summed E-state index contributed by atoms with van der Waals surface area (Å²) in [5, 5.41) is 13.2. The molecule has 0 aliphatic rings. The van der Waals surface area contributed by atoms with Gasteiger partial charge in [0.05, 0.1) is 0 Å². The summed E-state index contributed by atoms with van der Waals surface area (Å²) >= 11 is 0. The van der Waals surface area contributed by atoms with Crippen LogP contribution in [0.2, 0.25) is 0 Å². The number of esters is 1. The lowest BCUT2D eigenvalue weighted by atomic mass is 9.92. The van der Waals surface area contributed by atoms with Gasteiger partial charge in [-0.25, -0.2) is 4.79 Å². The van der Waals surface area contributed by atoms with Gasteiger partial charge in [0.2, 0.25) is 5.91 Å². The normalized spacial score (nSPS) is 12.0. The lowest BCUT2D eigenvalue weighted by molar-refractivity contribution is -0.123. The van der Waals surface area contributed by atoms with Gasteiger partial charge in [-0.1, -0.05) is 33.8 Å². The zero-order chi connectivity index (χ0) is 22.6. The molecule has 0 bridgehead atoms. The van der Waals surface area contributed by atoms with Crippen LogP contribution in [-0.2, 0) is 9.53 Å². The largest absolute Gasteiger partial charge is 0.507 e. The van der Waals surface area contributed by atoms with Gasteiger partial charge in [-0.2, -0.15) is 0 Å². The molecule has 0 saturated heterocycles. The van der Waals surface area contributed by atoms with Gasteiger partial charge in [0, 0.05) is 11.3 Å². The maximum atomic E-state index is 12.7. The molecule has 0 aliphatic carbocycles. The maximum Gasteiger partial charge on any atom is 0.342 e. The first-order chi connectivity index (χ1) is 14.0. The number of nitrogens with one attached hydrogen (secondary N) is 1. The van der Waals surface area contributed by atoms with E-state index in [1.165, 1.54) is 31.2 Å². The number of hydrogen-bond donors (Lipinski definition) is 3. The molecular weight excluding hydrogens is 384 g/mol. The van der Waals surface area contributed by atoms with Crippen molar-refractivity contribution in [2.24, 2.45) is 5.73 Å². The Morgan fingerprint density at radius 1 is 0.967 bits per heavy atom. The monoisotopic (exact) mass is 412 g/mol. The number of primary amides is 1. The molecule has 2 amide bonds. The highest BCUT2D eigenvalue weighted by molar-refractivity contribution is 5.99. The van der Waals surface area contributed by atoms with Crippen molar-refractivity contribution in [3.05, 3.63) is 58.7 Å². The Labute approximate surface area is 176 Å². The van der Waals surface area contributed by atoms with Crippen LogP contribution in [0.3, 0.4) is 0 Å². The van der Waals surface area contributed by atoms with E-state index in [1.807, 2.05) is 33.8 Å². The van der Waals surface area contributed by atoms with Crippen LogP contribution in [0.15, 0.2) is 36.4 Å². The predicted octanol–water partition coefficient (Wildman–Crippen LogP) is 3.92. The highest BCUT2D eigenvalue weighted by Gasteiger charge is 2.24. The number of carbonyl (C=O) groups excluding carboxylic acids is 3. The Hall–Kier alpha value is -3.35. The Bertz CT molecular complexity index is 949. The molecule has 160 valence electrons. The van der Waals surface area contributed by atoms with Crippen LogP contribution in [-0.4, -0.2) is 29.0 Å². The fourth-order valence-electron chi connectivity index (χ4n) is 2.85. The lowest BCUT2D eigenvalue weighted by Gasteiger charge is -2.18. The number of phenols is 1. The lowest BCUT2D eigenvalue weighted by Crippen LogP contribution is -2.30. The molecule has 2 rings (SSSR count). The summed E-state index contributed by atoms with van der Waals surface area (Å²) in [5.41, 5.74) is 7.52. The molecule has 0 fully saturated rings. The van der Waals surface area contributed by atoms with Crippen LogP contribution >= 0.6 is 0 Å². The van der Waals surface area contributed by atoms with Gasteiger partial charge in [-0.15, -0.1) is 0 Å². The molecule has 1 unspecified atom stereocenters. The smallest absolute Gasteiger partial charge is 0.342 e. The number of aromatic hydroxyl groups is 1. The van der Waals surface area contributed by atoms with Crippen LogP contribution in [0.4, 0.5) is 5.69 Å². The number of phenolic OH excluding ortho intramolecular Hbond substituents is 1. The molecular formula is C23H28N2O5. The van der Waals surface area contributed by atoms with Gasteiger partial charge in [-0.3, -0.25) is 9.59 Å². The first-order valence-corrected chi connectivity index (χ1v) is 9.79. The third-order valence-electron chi connectivity index (χ3n) is 4.76. The van der Waals surface area contributed by atoms with Crippen molar-refractivity contribution in [2.45, 2.75) is 52.6 Å². The van der Waals surface area contributed by atoms with Gasteiger partial charge in [0.1, 0.15) is 11.3 Å². The zero-order valence-corrected chi connectivity index (χ0v) is 17.9. The number of nitrogens with two attached hydrogens (primary N) is 1. The molecule has 2 aromatic carbocycles. The Balaban J connectivity index is 2.16. The molecule has 0 radical (unpaired) electrons. The van der Waals surface area contributed by atoms with E-state index in [0.717, 1.165) is 5.56 Å². The van der Waals surface area contributed by atoms with Gasteiger partial charge in [-0.05, 0) is 60.2 Å². The highest BCUT2D eigenvalue weighted by Crippen LogP contribution is 2.33. The summed E-state index contributed by atoms with van der Waals surface area (Å²) in [7, 11) is 0. The summed E-state index contributed by atoms with van der Waals surface area (Å²) in [4.78, 5) is 36.2. The first-order valence-electron chi connectivity index (χ1n) is 9.79. The molecule has 2 aromatic rings. The van der Waals surface area contributed by atoms with E-state index < -0.39 is 23.9 Å². The van der Waals surface area contributed by atoms with E-state index in [-0.39, 0.29) is 23.1 Å². The Kier molecular flexibility index (Phi) is 7.21. The average Bonchev–Trinajstić information content (AvgIpc) is 2.67. The van der Waals surface area contributed by atoms with Gasteiger partial charge in [0.25, 0.3) is 5.91 Å². The SMILES string of the molecule is CC(OC(=O)c1cc(C(C)C)cc(C(C)C)c1O)C(=O)Nc1ccc(C(N)=O)cc1. The number of hydrogen-bond acceptors (Lipinski definition) is 5. The molecule has 0 heterocycles. The first kappa shape index (κ1) is 22.9. The number of carbonyl (C=O) groups is 3. The van der Waals surface area contributed by atoms with E-state index in [4.69, 9.17) is 10.5 Å². The minimum Gasteiger partial charge on any atom is -0.507 e. The highest BCUT2D eigenvalue weighted by atomic mass is 16.5. The molecule has 0 saturated carbocycles. The van der Waals surface area contributed by atoms with Crippen molar-refractivity contribution in [1.82, 2.24) is 0 Å². The quantitative estimate of drug-likeness (QED) is 0.596. The molecule has 1 atom stereocenters. The van der Waals surface area contributed by atoms with E-state index >= 15 is 0 Å². The second kappa shape index (κ2) is 9.43. The molecule has 0 aliphatic heterocycles. The van der Waals surface area contributed by atoms with Gasteiger partial charge in [0.15, 0.2) is 6.10 Å². The Morgan fingerprint density at radius 2 is 1.57 bits per heavy atom. The van der Waals surface area contributed by atoms with E-state index in [0.29, 0.717) is 16.8 Å². The minimum absolute atomic E-state index is 0.0133. The standard InChI is InChI=1S/C23H28N2O5/c1-12(2)16-10-18(13(3)4)20(26)19(11-16)23(29)30-14(5)22(28)25-17-8-6-15(7-9-17)21(24)27/h6-14,26H,1-5H3,(H2,24,27)(H,25,28). The number of benzene rings is 2. The summed E-state index contributed by atoms with van der Waals surface area (Å²) in [5.74, 6) is -1.85. The summed E-state index contributed by atoms with van der Waals surface area (Å²) < 4.78 is 5.30. The molecule has 4 N–H and O–H groups in total.